The average Bonchev–Trinajstić information content (AvgIpc) is 3.54. The van der Waals surface area contributed by atoms with Gasteiger partial charge in [0, 0.05) is 10.8 Å². The van der Waals surface area contributed by atoms with E-state index in [2.05, 4.69) is 127 Å². The zero-order valence-corrected chi connectivity index (χ0v) is 26.6. The Hall–Kier alpha value is -6.44. The number of furan rings is 1. The van der Waals surface area contributed by atoms with Crippen molar-refractivity contribution >= 4 is 54.3 Å². The Morgan fingerprint density at radius 1 is 0.306 bits per heavy atom. The molecule has 0 saturated heterocycles. The molecule has 0 unspecified atom stereocenters. The van der Waals surface area contributed by atoms with Crippen molar-refractivity contribution in [3.63, 3.8) is 0 Å². The van der Waals surface area contributed by atoms with Crippen molar-refractivity contribution in [1.29, 1.82) is 0 Å². The first kappa shape index (κ1) is 25.6. The Morgan fingerprint density at radius 2 is 0.878 bits per heavy atom. The van der Waals surface area contributed by atoms with Gasteiger partial charge in [0.05, 0.1) is 2.74 Å². The van der Waals surface area contributed by atoms with Gasteiger partial charge in [-0.25, -0.2) is 0 Å². The van der Waals surface area contributed by atoms with E-state index in [1.807, 2.05) is 42.5 Å². The van der Waals surface area contributed by atoms with E-state index in [1.54, 1.807) is 0 Å². The summed E-state index contributed by atoms with van der Waals surface area (Å²) >= 11 is 0. The number of rotatable bonds is 4. The highest BCUT2D eigenvalue weighted by atomic mass is 16.3. The first-order valence-electron chi connectivity index (χ1n) is 17.7. The van der Waals surface area contributed by atoms with Gasteiger partial charge < -0.3 is 4.42 Å². The number of benzene rings is 9. The van der Waals surface area contributed by atoms with Gasteiger partial charge in [0.15, 0.2) is 0 Å². The Bertz CT molecular complexity index is 2910. The molecule has 0 fully saturated rings. The molecule has 10 rings (SSSR count). The van der Waals surface area contributed by atoms with Crippen LogP contribution in [0.4, 0.5) is 0 Å². The van der Waals surface area contributed by atoms with E-state index in [0.29, 0.717) is 12.1 Å². The lowest BCUT2D eigenvalue weighted by Gasteiger charge is -2.18. The number of hydrogen-bond acceptors (Lipinski definition) is 1. The minimum atomic E-state index is 0.504. The van der Waals surface area contributed by atoms with Crippen LogP contribution in [-0.4, -0.2) is 0 Å². The molecule has 1 aromatic heterocycles. The summed E-state index contributed by atoms with van der Waals surface area (Å²) in [5, 5.41) is 9.28. The van der Waals surface area contributed by atoms with Crippen molar-refractivity contribution in [3.8, 4) is 44.5 Å². The molecule has 0 saturated carbocycles. The third-order valence-electron chi connectivity index (χ3n) is 9.93. The van der Waals surface area contributed by atoms with Crippen molar-refractivity contribution in [1.82, 2.24) is 0 Å². The van der Waals surface area contributed by atoms with Crippen molar-refractivity contribution < 1.29 is 7.16 Å². The molecule has 0 amide bonds. The SMILES string of the molecule is [2H]c1ccc(-c2ccc3c(c2)oc2ccc(-c4c5ccccc5c(-c5ccc(-c6ccc7cc([2H])ccc7c6)cc5)c5ccccc45)cc23)cc1. The molecule has 228 valence electrons. The molecule has 1 heterocycles. The number of fused-ring (bicyclic) bond motifs is 6. The van der Waals surface area contributed by atoms with Gasteiger partial charge in [-0.05, 0) is 107 Å². The van der Waals surface area contributed by atoms with Crippen molar-refractivity contribution in [2.75, 3.05) is 0 Å². The Balaban J connectivity index is 1.11. The molecule has 0 radical (unpaired) electrons. The first-order chi connectivity index (χ1) is 25.1. The van der Waals surface area contributed by atoms with Gasteiger partial charge in [-0.15, -0.1) is 0 Å². The molecular formula is C48H30O. The second-order valence-electron chi connectivity index (χ2n) is 12.7. The summed E-state index contributed by atoms with van der Waals surface area (Å²) in [7, 11) is 0. The van der Waals surface area contributed by atoms with Crippen molar-refractivity contribution in [2.45, 2.75) is 0 Å². The highest BCUT2D eigenvalue weighted by Gasteiger charge is 2.18. The zero-order chi connectivity index (χ0) is 34.1. The van der Waals surface area contributed by atoms with Gasteiger partial charge in [0.2, 0.25) is 0 Å². The fourth-order valence-corrected chi connectivity index (χ4v) is 7.58. The Morgan fingerprint density at radius 3 is 1.61 bits per heavy atom. The van der Waals surface area contributed by atoms with Crippen LogP contribution in [0.25, 0.3) is 98.8 Å². The van der Waals surface area contributed by atoms with Crippen molar-refractivity contribution in [3.05, 3.63) is 182 Å². The third kappa shape index (κ3) is 4.55. The van der Waals surface area contributed by atoms with Gasteiger partial charge in [0.25, 0.3) is 0 Å². The molecule has 0 atom stereocenters. The fourth-order valence-electron chi connectivity index (χ4n) is 7.58. The molecule has 0 spiro atoms. The van der Waals surface area contributed by atoms with Crippen LogP contribution in [0.2, 0.25) is 0 Å². The third-order valence-corrected chi connectivity index (χ3v) is 9.93. The van der Waals surface area contributed by atoms with E-state index in [-0.39, 0.29) is 0 Å². The van der Waals surface area contributed by atoms with Gasteiger partial charge in [-0.3, -0.25) is 0 Å². The molecule has 0 aliphatic heterocycles. The van der Waals surface area contributed by atoms with E-state index in [0.717, 1.165) is 55.0 Å². The summed E-state index contributed by atoms with van der Waals surface area (Å²) in [5.74, 6) is 0. The van der Waals surface area contributed by atoms with Crippen molar-refractivity contribution in [2.24, 2.45) is 0 Å². The molecule has 0 aliphatic rings. The normalized spacial score (nSPS) is 12.2. The molecule has 0 bridgehead atoms. The monoisotopic (exact) mass is 624 g/mol. The summed E-state index contributed by atoms with van der Waals surface area (Å²) < 4.78 is 22.2. The van der Waals surface area contributed by atoms with Crippen LogP contribution in [0, 0.1) is 0 Å². The molecule has 1 nitrogen and oxygen atoms in total. The van der Waals surface area contributed by atoms with Gasteiger partial charge in [-0.2, -0.15) is 0 Å². The minimum absolute atomic E-state index is 0.504. The Kier molecular flexibility index (Phi) is 5.79. The lowest BCUT2D eigenvalue weighted by molar-refractivity contribution is 0.669. The van der Waals surface area contributed by atoms with E-state index in [1.165, 1.54) is 43.8 Å². The second kappa shape index (κ2) is 11.1. The number of hydrogen-bond donors (Lipinski definition) is 0. The molecule has 0 N–H and O–H groups in total. The van der Waals surface area contributed by atoms with Crippen LogP contribution < -0.4 is 0 Å². The van der Waals surface area contributed by atoms with Gasteiger partial charge in [0.1, 0.15) is 11.2 Å². The van der Waals surface area contributed by atoms with Crippen LogP contribution >= 0.6 is 0 Å². The van der Waals surface area contributed by atoms with Crippen LogP contribution in [0.5, 0.6) is 0 Å². The molecule has 1 heteroatoms. The highest BCUT2D eigenvalue weighted by molar-refractivity contribution is 6.22. The summed E-state index contributed by atoms with van der Waals surface area (Å²) in [6.45, 7) is 0. The van der Waals surface area contributed by atoms with Crippen LogP contribution in [-0.2, 0) is 0 Å². The summed E-state index contributed by atoms with van der Waals surface area (Å²) in [6.07, 6.45) is 0. The summed E-state index contributed by atoms with van der Waals surface area (Å²) in [4.78, 5) is 0. The topological polar surface area (TPSA) is 13.1 Å². The maximum absolute atomic E-state index is 7.96. The highest BCUT2D eigenvalue weighted by Crippen LogP contribution is 2.45. The smallest absolute Gasteiger partial charge is 0.136 e. The summed E-state index contributed by atoms with van der Waals surface area (Å²) in [6, 6.07) is 60.4. The molecule has 9 aromatic carbocycles. The quantitative estimate of drug-likeness (QED) is 0.178. The predicted octanol–water partition coefficient (Wildman–Crippen LogP) is 13.7. The first-order valence-corrected chi connectivity index (χ1v) is 16.7. The van der Waals surface area contributed by atoms with Crippen LogP contribution in [0.3, 0.4) is 0 Å². The molecule has 49 heavy (non-hydrogen) atoms. The van der Waals surface area contributed by atoms with Crippen LogP contribution in [0.1, 0.15) is 2.74 Å². The van der Waals surface area contributed by atoms with E-state index < -0.39 is 0 Å². The van der Waals surface area contributed by atoms with Gasteiger partial charge in [-0.1, -0.05) is 152 Å². The van der Waals surface area contributed by atoms with Crippen LogP contribution in [0.15, 0.2) is 186 Å². The van der Waals surface area contributed by atoms with Gasteiger partial charge >= 0.3 is 0 Å². The standard InChI is InChI=1S/C48H30O/c1-2-10-31(11-3-1)37-24-26-39-44-29-38(25-27-45(44)49-46(39)30-37)48-42-16-8-6-14-40(42)47(41-15-7-9-17-43(41)48)34-21-18-33(19-22-34)36-23-20-32-12-4-5-13-35(32)28-36/h1-30H/i1D,4D. The summed E-state index contributed by atoms with van der Waals surface area (Å²) in [5.41, 5.74) is 11.0. The Labute approximate surface area is 287 Å². The molecule has 10 aromatic rings. The predicted molar refractivity (Wildman–Crippen MR) is 208 cm³/mol. The zero-order valence-electron chi connectivity index (χ0n) is 28.6. The average molecular weight is 625 g/mol. The molecule has 0 aliphatic carbocycles. The lowest BCUT2D eigenvalue weighted by atomic mass is 9.85. The maximum Gasteiger partial charge on any atom is 0.136 e. The lowest BCUT2D eigenvalue weighted by Crippen LogP contribution is -1.91. The molecular weight excluding hydrogens is 593 g/mol. The van der Waals surface area contributed by atoms with E-state index in [9.17, 15) is 0 Å². The van der Waals surface area contributed by atoms with E-state index in [4.69, 9.17) is 7.16 Å². The largest absolute Gasteiger partial charge is 0.456 e. The second-order valence-corrected chi connectivity index (χ2v) is 12.7. The maximum atomic E-state index is 7.96. The fraction of sp³-hybridized carbons (Fsp3) is 0. The van der Waals surface area contributed by atoms with E-state index >= 15 is 0 Å². The minimum Gasteiger partial charge on any atom is -0.456 e.